The lowest BCUT2D eigenvalue weighted by Crippen LogP contribution is -2.43. The van der Waals surface area contributed by atoms with Crippen LogP contribution in [0.25, 0.3) is 0 Å². The molecule has 0 aromatic heterocycles. The molecule has 1 amide bonds. The van der Waals surface area contributed by atoms with Gasteiger partial charge in [-0.1, -0.05) is 12.2 Å². The van der Waals surface area contributed by atoms with E-state index in [2.05, 4.69) is 29.7 Å². The summed E-state index contributed by atoms with van der Waals surface area (Å²) < 4.78 is 0. The molecule has 0 aromatic rings. The van der Waals surface area contributed by atoms with Crippen molar-refractivity contribution in [1.82, 2.24) is 10.6 Å². The van der Waals surface area contributed by atoms with Gasteiger partial charge in [-0.25, -0.2) is 0 Å². The molecule has 1 saturated heterocycles. The van der Waals surface area contributed by atoms with Gasteiger partial charge in [0.15, 0.2) is 0 Å². The zero-order valence-electron chi connectivity index (χ0n) is 10.7. The number of amides is 1. The number of hydrogen-bond donors (Lipinski definition) is 2. The lowest BCUT2D eigenvalue weighted by atomic mass is 9.91. The van der Waals surface area contributed by atoms with Crippen LogP contribution in [0, 0.1) is 11.8 Å². The lowest BCUT2D eigenvalue weighted by Gasteiger charge is -2.28. The van der Waals surface area contributed by atoms with E-state index in [1.807, 2.05) is 0 Å². The van der Waals surface area contributed by atoms with Gasteiger partial charge in [-0.3, -0.25) is 4.79 Å². The molecule has 3 heteroatoms. The second-order valence-corrected chi connectivity index (χ2v) is 5.47. The number of allylic oxidation sites excluding steroid dienone is 2. The van der Waals surface area contributed by atoms with Crippen LogP contribution in [-0.4, -0.2) is 25.0 Å². The van der Waals surface area contributed by atoms with E-state index in [1.54, 1.807) is 0 Å². The Hall–Kier alpha value is -0.830. The molecular formula is C14H24N2O. The van der Waals surface area contributed by atoms with Gasteiger partial charge in [0.25, 0.3) is 0 Å². The fraction of sp³-hybridized carbons (Fsp3) is 0.786. The number of carbonyl (C=O) groups is 1. The third-order valence-corrected chi connectivity index (χ3v) is 3.94. The fourth-order valence-corrected chi connectivity index (χ4v) is 2.80. The Morgan fingerprint density at radius 1 is 1.41 bits per heavy atom. The number of hydrogen-bond acceptors (Lipinski definition) is 2. The third kappa shape index (κ3) is 3.84. The number of piperidine rings is 1. The second kappa shape index (κ2) is 6.20. The van der Waals surface area contributed by atoms with Crippen LogP contribution < -0.4 is 10.6 Å². The number of rotatable bonds is 3. The molecule has 1 fully saturated rings. The molecule has 2 rings (SSSR count). The predicted octanol–water partition coefficient (Wildman–Crippen LogP) is 1.85. The van der Waals surface area contributed by atoms with Crippen molar-refractivity contribution >= 4 is 5.91 Å². The Labute approximate surface area is 104 Å². The maximum atomic E-state index is 12.0. The van der Waals surface area contributed by atoms with Gasteiger partial charge in [-0.15, -0.1) is 0 Å². The van der Waals surface area contributed by atoms with E-state index < -0.39 is 0 Å². The highest BCUT2D eigenvalue weighted by molar-refractivity contribution is 5.78. The molecule has 3 atom stereocenters. The summed E-state index contributed by atoms with van der Waals surface area (Å²) in [5.41, 5.74) is 0. The molecule has 3 nitrogen and oxygen atoms in total. The Morgan fingerprint density at radius 2 is 2.29 bits per heavy atom. The molecule has 1 aliphatic carbocycles. The normalized spacial score (nSPS) is 33.4. The van der Waals surface area contributed by atoms with Crippen LogP contribution in [-0.2, 0) is 4.79 Å². The van der Waals surface area contributed by atoms with Crippen molar-refractivity contribution in [3.8, 4) is 0 Å². The van der Waals surface area contributed by atoms with Crippen LogP contribution in [0.2, 0.25) is 0 Å². The van der Waals surface area contributed by atoms with Crippen molar-refractivity contribution in [3.63, 3.8) is 0 Å². The first-order chi connectivity index (χ1) is 8.25. The van der Waals surface area contributed by atoms with Crippen LogP contribution in [0.1, 0.15) is 39.0 Å². The van der Waals surface area contributed by atoms with E-state index in [0.29, 0.717) is 12.0 Å². The molecule has 96 valence electrons. The van der Waals surface area contributed by atoms with Crippen molar-refractivity contribution in [2.45, 2.75) is 45.1 Å². The van der Waals surface area contributed by atoms with Gasteiger partial charge in [-0.05, 0) is 51.5 Å². The molecule has 0 saturated carbocycles. The van der Waals surface area contributed by atoms with Gasteiger partial charge in [0, 0.05) is 18.5 Å². The highest BCUT2D eigenvalue weighted by Crippen LogP contribution is 2.19. The molecule has 2 aliphatic rings. The first kappa shape index (κ1) is 12.6. The van der Waals surface area contributed by atoms with Crippen LogP contribution in [0.4, 0.5) is 0 Å². The monoisotopic (exact) mass is 236 g/mol. The molecule has 0 spiro atoms. The minimum atomic E-state index is 0.227. The molecule has 1 aliphatic heterocycles. The van der Waals surface area contributed by atoms with Crippen LogP contribution in [0.15, 0.2) is 12.2 Å². The molecule has 2 N–H and O–H groups in total. The summed E-state index contributed by atoms with van der Waals surface area (Å²) >= 11 is 0. The van der Waals surface area contributed by atoms with E-state index in [0.717, 1.165) is 32.4 Å². The van der Waals surface area contributed by atoms with E-state index in [9.17, 15) is 4.79 Å². The van der Waals surface area contributed by atoms with Gasteiger partial charge >= 0.3 is 0 Å². The lowest BCUT2D eigenvalue weighted by molar-refractivity contribution is -0.126. The summed E-state index contributed by atoms with van der Waals surface area (Å²) in [6.07, 6.45) is 9.98. The minimum Gasteiger partial charge on any atom is -0.356 e. The topological polar surface area (TPSA) is 41.1 Å². The summed E-state index contributed by atoms with van der Waals surface area (Å²) in [7, 11) is 0. The number of carbonyl (C=O) groups excluding carboxylic acids is 1. The first-order valence-electron chi connectivity index (χ1n) is 6.92. The first-order valence-corrected chi connectivity index (χ1v) is 6.92. The van der Waals surface area contributed by atoms with Crippen molar-refractivity contribution in [3.05, 3.63) is 12.2 Å². The summed E-state index contributed by atoms with van der Waals surface area (Å²) in [6.45, 7) is 4.00. The SMILES string of the molecule is C[C@H]1C[C@@H](C(=O)NCC2CC=CCC2)CCN1. The van der Waals surface area contributed by atoms with Gasteiger partial charge in [0.05, 0.1) is 0 Å². The van der Waals surface area contributed by atoms with Crippen LogP contribution in [0.5, 0.6) is 0 Å². The van der Waals surface area contributed by atoms with E-state index in [1.165, 1.54) is 12.8 Å². The largest absolute Gasteiger partial charge is 0.356 e. The number of nitrogens with one attached hydrogen (secondary N) is 2. The maximum Gasteiger partial charge on any atom is 0.223 e. The summed E-state index contributed by atoms with van der Waals surface area (Å²) in [5, 5.41) is 6.53. The predicted molar refractivity (Wildman–Crippen MR) is 69.7 cm³/mol. The highest BCUT2D eigenvalue weighted by atomic mass is 16.1. The fourth-order valence-electron chi connectivity index (χ4n) is 2.80. The van der Waals surface area contributed by atoms with E-state index in [-0.39, 0.29) is 11.8 Å². The average molecular weight is 236 g/mol. The molecule has 17 heavy (non-hydrogen) atoms. The van der Waals surface area contributed by atoms with E-state index >= 15 is 0 Å². The van der Waals surface area contributed by atoms with E-state index in [4.69, 9.17) is 0 Å². The van der Waals surface area contributed by atoms with Gasteiger partial charge in [-0.2, -0.15) is 0 Å². The minimum absolute atomic E-state index is 0.227. The van der Waals surface area contributed by atoms with Gasteiger partial charge < -0.3 is 10.6 Å². The molecule has 1 heterocycles. The maximum absolute atomic E-state index is 12.0. The summed E-state index contributed by atoms with van der Waals surface area (Å²) in [5.74, 6) is 1.15. The summed E-state index contributed by atoms with van der Waals surface area (Å²) in [6, 6.07) is 0.483. The smallest absolute Gasteiger partial charge is 0.223 e. The molecule has 0 bridgehead atoms. The Bertz CT molecular complexity index is 288. The second-order valence-electron chi connectivity index (χ2n) is 5.47. The summed E-state index contributed by atoms with van der Waals surface area (Å²) in [4.78, 5) is 12.0. The van der Waals surface area contributed by atoms with Gasteiger partial charge in [0.1, 0.15) is 0 Å². The Kier molecular flexibility index (Phi) is 4.60. The molecule has 0 radical (unpaired) electrons. The Morgan fingerprint density at radius 3 is 3.00 bits per heavy atom. The Balaban J connectivity index is 1.71. The standard InChI is InChI=1S/C14H24N2O/c1-11-9-13(7-8-15-11)14(17)16-10-12-5-3-2-4-6-12/h2-3,11-13,15H,4-10H2,1H3,(H,16,17)/t11-,12?,13-/m0/s1. The zero-order chi connectivity index (χ0) is 12.1. The van der Waals surface area contributed by atoms with Crippen molar-refractivity contribution in [2.24, 2.45) is 11.8 Å². The van der Waals surface area contributed by atoms with Crippen LogP contribution >= 0.6 is 0 Å². The molecule has 1 unspecified atom stereocenters. The average Bonchev–Trinajstić information content (AvgIpc) is 2.37. The van der Waals surface area contributed by atoms with Gasteiger partial charge in [0.2, 0.25) is 5.91 Å². The zero-order valence-corrected chi connectivity index (χ0v) is 10.7. The molecule has 0 aromatic carbocycles. The van der Waals surface area contributed by atoms with Crippen molar-refractivity contribution in [2.75, 3.05) is 13.1 Å². The van der Waals surface area contributed by atoms with Crippen LogP contribution in [0.3, 0.4) is 0 Å². The third-order valence-electron chi connectivity index (χ3n) is 3.94. The molecular weight excluding hydrogens is 212 g/mol. The highest BCUT2D eigenvalue weighted by Gasteiger charge is 2.24. The van der Waals surface area contributed by atoms with Crippen molar-refractivity contribution < 1.29 is 4.79 Å². The van der Waals surface area contributed by atoms with Crippen molar-refractivity contribution in [1.29, 1.82) is 0 Å². The quantitative estimate of drug-likeness (QED) is 0.734.